The Labute approximate surface area is 258 Å². The van der Waals surface area contributed by atoms with Crippen LogP contribution in [0, 0.1) is 0 Å². The van der Waals surface area contributed by atoms with Crippen molar-refractivity contribution in [1.29, 1.82) is 0 Å². The SMILES string of the molecule is C1=C\C/C=C\c2cc(-c3c4ccccc4c(-c4ccccc4)c4cc(-c5ccc6ccccc6c5)ccc34)ccc2C\C=C/1. The van der Waals surface area contributed by atoms with Crippen LogP contribution in [0.3, 0.4) is 0 Å². The summed E-state index contributed by atoms with van der Waals surface area (Å²) < 4.78 is 0. The Balaban J connectivity index is 1.42. The van der Waals surface area contributed by atoms with Gasteiger partial charge in [-0.15, -0.1) is 0 Å². The monoisotopic (exact) mass is 560 g/mol. The van der Waals surface area contributed by atoms with Gasteiger partial charge in [-0.3, -0.25) is 0 Å². The average Bonchev–Trinajstić information content (AvgIpc) is 3.09. The van der Waals surface area contributed by atoms with Crippen LogP contribution >= 0.6 is 0 Å². The van der Waals surface area contributed by atoms with E-state index in [1.54, 1.807) is 0 Å². The number of benzene rings is 7. The summed E-state index contributed by atoms with van der Waals surface area (Å²) in [4.78, 5) is 0. The summed E-state index contributed by atoms with van der Waals surface area (Å²) in [6.07, 6.45) is 15.2. The first-order valence-electron chi connectivity index (χ1n) is 15.5. The highest BCUT2D eigenvalue weighted by Crippen LogP contribution is 2.45. The van der Waals surface area contributed by atoms with Crippen LogP contribution in [-0.4, -0.2) is 0 Å². The molecule has 0 bridgehead atoms. The van der Waals surface area contributed by atoms with Crippen LogP contribution < -0.4 is 0 Å². The minimum absolute atomic E-state index is 0.924. The molecule has 7 aromatic rings. The van der Waals surface area contributed by atoms with Crippen molar-refractivity contribution in [2.24, 2.45) is 0 Å². The third-order valence-electron chi connectivity index (χ3n) is 8.89. The zero-order valence-corrected chi connectivity index (χ0v) is 24.6. The van der Waals surface area contributed by atoms with Gasteiger partial charge in [0.1, 0.15) is 0 Å². The molecule has 0 saturated heterocycles. The molecule has 208 valence electrons. The van der Waals surface area contributed by atoms with Crippen LogP contribution in [0.25, 0.3) is 71.8 Å². The Morgan fingerprint density at radius 2 is 1.05 bits per heavy atom. The first-order chi connectivity index (χ1) is 21.8. The Morgan fingerprint density at radius 3 is 1.91 bits per heavy atom. The van der Waals surface area contributed by atoms with Crippen molar-refractivity contribution in [3.63, 3.8) is 0 Å². The second-order valence-electron chi connectivity index (χ2n) is 11.6. The summed E-state index contributed by atoms with van der Waals surface area (Å²) in [5.41, 5.74) is 10.2. The van der Waals surface area contributed by atoms with Crippen LogP contribution in [-0.2, 0) is 6.42 Å². The van der Waals surface area contributed by atoms with Crippen molar-refractivity contribution in [3.8, 4) is 33.4 Å². The predicted octanol–water partition coefficient (Wildman–Crippen LogP) is 12.2. The normalized spacial score (nSPS) is 15.2. The fraction of sp³-hybridized carbons (Fsp3) is 0.0455. The zero-order chi connectivity index (χ0) is 29.3. The molecule has 0 heteroatoms. The van der Waals surface area contributed by atoms with Gasteiger partial charge in [0.2, 0.25) is 0 Å². The highest BCUT2D eigenvalue weighted by molar-refractivity contribution is 6.22. The zero-order valence-electron chi connectivity index (χ0n) is 24.6. The fourth-order valence-electron chi connectivity index (χ4n) is 6.75. The van der Waals surface area contributed by atoms with Gasteiger partial charge in [-0.25, -0.2) is 0 Å². The minimum atomic E-state index is 0.924. The summed E-state index contributed by atoms with van der Waals surface area (Å²) >= 11 is 0. The second-order valence-corrected chi connectivity index (χ2v) is 11.6. The molecule has 0 radical (unpaired) electrons. The molecule has 0 aromatic heterocycles. The fourth-order valence-corrected chi connectivity index (χ4v) is 6.75. The summed E-state index contributed by atoms with van der Waals surface area (Å²) in [6, 6.07) is 49.3. The van der Waals surface area contributed by atoms with E-state index in [4.69, 9.17) is 0 Å². The summed E-state index contributed by atoms with van der Waals surface area (Å²) in [6.45, 7) is 0. The van der Waals surface area contributed by atoms with Crippen LogP contribution in [0.5, 0.6) is 0 Å². The molecule has 0 fully saturated rings. The Bertz CT molecular complexity index is 2260. The van der Waals surface area contributed by atoms with Crippen molar-refractivity contribution in [3.05, 3.63) is 175 Å². The van der Waals surface area contributed by atoms with E-state index >= 15 is 0 Å². The molecule has 8 rings (SSSR count). The second kappa shape index (κ2) is 11.3. The lowest BCUT2D eigenvalue weighted by Gasteiger charge is -2.19. The van der Waals surface area contributed by atoms with Crippen LogP contribution in [0.1, 0.15) is 17.5 Å². The average molecular weight is 561 g/mol. The minimum Gasteiger partial charge on any atom is -0.0807 e. The Kier molecular flexibility index (Phi) is 6.74. The van der Waals surface area contributed by atoms with Gasteiger partial charge >= 0.3 is 0 Å². The van der Waals surface area contributed by atoms with E-state index in [1.165, 1.54) is 76.8 Å². The molecular weight excluding hydrogens is 528 g/mol. The van der Waals surface area contributed by atoms with Crippen molar-refractivity contribution < 1.29 is 0 Å². The van der Waals surface area contributed by atoms with Gasteiger partial charge in [-0.05, 0) is 108 Å². The molecule has 0 heterocycles. The standard InChI is InChI=1S/C44H32/c1-2-4-7-18-35-29-38(25-23-31(35)14-6-3-1)44-40-21-13-12-20-39(40)43(33-16-8-5-9-17-33)42-30-37(26-27-41(42)44)36-24-22-32-15-10-11-19-34(32)28-36/h1-3,5-13,15-30H,4,14H2/b2-1-,6-3-,18-7-. The molecule has 0 saturated carbocycles. The molecule has 7 aromatic carbocycles. The van der Waals surface area contributed by atoms with Gasteiger partial charge in [0, 0.05) is 0 Å². The van der Waals surface area contributed by atoms with E-state index < -0.39 is 0 Å². The Hall–Kier alpha value is -5.46. The van der Waals surface area contributed by atoms with Gasteiger partial charge in [0.25, 0.3) is 0 Å². The van der Waals surface area contributed by atoms with E-state index in [1.807, 2.05) is 0 Å². The third kappa shape index (κ3) is 4.75. The maximum Gasteiger partial charge on any atom is -0.00261 e. The van der Waals surface area contributed by atoms with E-state index in [0.717, 1.165) is 12.8 Å². The molecule has 0 N–H and O–H groups in total. The number of fused-ring (bicyclic) bond motifs is 4. The highest BCUT2D eigenvalue weighted by Gasteiger charge is 2.18. The molecular formula is C44H32. The molecule has 0 unspecified atom stereocenters. The topological polar surface area (TPSA) is 0 Å². The molecule has 44 heavy (non-hydrogen) atoms. The van der Waals surface area contributed by atoms with E-state index in [-0.39, 0.29) is 0 Å². The number of allylic oxidation sites excluding steroid dienone is 5. The predicted molar refractivity (Wildman–Crippen MR) is 191 cm³/mol. The van der Waals surface area contributed by atoms with Crippen LogP contribution in [0.2, 0.25) is 0 Å². The summed E-state index contributed by atoms with van der Waals surface area (Å²) in [5, 5.41) is 7.64. The molecule has 0 atom stereocenters. The van der Waals surface area contributed by atoms with Gasteiger partial charge in [-0.2, -0.15) is 0 Å². The van der Waals surface area contributed by atoms with Crippen molar-refractivity contribution in [2.45, 2.75) is 12.8 Å². The summed E-state index contributed by atoms with van der Waals surface area (Å²) in [5.74, 6) is 0. The number of hydrogen-bond acceptors (Lipinski definition) is 0. The van der Waals surface area contributed by atoms with Crippen molar-refractivity contribution in [2.75, 3.05) is 0 Å². The van der Waals surface area contributed by atoms with E-state index in [0.29, 0.717) is 0 Å². The maximum absolute atomic E-state index is 2.41. The van der Waals surface area contributed by atoms with Gasteiger partial charge in [0.15, 0.2) is 0 Å². The van der Waals surface area contributed by atoms with Crippen molar-refractivity contribution >= 4 is 38.4 Å². The first-order valence-corrected chi connectivity index (χ1v) is 15.5. The molecule has 0 amide bonds. The lowest BCUT2D eigenvalue weighted by atomic mass is 9.84. The van der Waals surface area contributed by atoms with Crippen molar-refractivity contribution in [1.82, 2.24) is 0 Å². The largest absolute Gasteiger partial charge is 0.0807 e. The van der Waals surface area contributed by atoms with Crippen LogP contribution in [0.4, 0.5) is 0 Å². The first kappa shape index (κ1) is 26.2. The quantitative estimate of drug-likeness (QED) is 0.189. The smallest absolute Gasteiger partial charge is 0.00261 e. The summed E-state index contributed by atoms with van der Waals surface area (Å²) in [7, 11) is 0. The highest BCUT2D eigenvalue weighted by atomic mass is 14.2. The van der Waals surface area contributed by atoms with Gasteiger partial charge in [0.05, 0.1) is 0 Å². The number of rotatable bonds is 3. The molecule has 0 aliphatic heterocycles. The number of hydrogen-bond donors (Lipinski definition) is 0. The van der Waals surface area contributed by atoms with Gasteiger partial charge < -0.3 is 0 Å². The third-order valence-corrected chi connectivity index (χ3v) is 8.89. The molecule has 0 spiro atoms. The lowest BCUT2D eigenvalue weighted by Crippen LogP contribution is -1.94. The van der Waals surface area contributed by atoms with E-state index in [2.05, 4.69) is 170 Å². The maximum atomic E-state index is 2.41. The Morgan fingerprint density at radius 1 is 0.386 bits per heavy atom. The van der Waals surface area contributed by atoms with Gasteiger partial charge in [-0.1, -0.05) is 152 Å². The van der Waals surface area contributed by atoms with E-state index in [9.17, 15) is 0 Å². The molecule has 0 nitrogen and oxygen atoms in total. The molecule has 1 aliphatic carbocycles. The lowest BCUT2D eigenvalue weighted by molar-refractivity contribution is 1.25. The van der Waals surface area contributed by atoms with Crippen LogP contribution in [0.15, 0.2) is 164 Å². The molecule has 1 aliphatic rings.